The molecule has 0 radical (unpaired) electrons. The van der Waals surface area contributed by atoms with E-state index in [2.05, 4.69) is 133 Å². The maximum Gasteiger partial charge on any atom is 4.00 e. The van der Waals surface area contributed by atoms with Crippen molar-refractivity contribution in [2.24, 2.45) is 4.99 Å². The summed E-state index contributed by atoms with van der Waals surface area (Å²) in [6.07, 6.45) is 28.9. The van der Waals surface area contributed by atoms with Crippen LogP contribution in [0.25, 0.3) is 10.6 Å². The number of nitrogens with zero attached hydrogens (tertiary/aromatic N) is 5. The monoisotopic (exact) mass is 1550 g/mol. The summed E-state index contributed by atoms with van der Waals surface area (Å²) in [6, 6.07) is 69.1. The molecule has 0 amide bonds. The van der Waals surface area contributed by atoms with Crippen LogP contribution in [0.3, 0.4) is 0 Å². The third kappa shape index (κ3) is 49.8. The average Bonchev–Trinajstić information content (AvgIpc) is 0.826. The van der Waals surface area contributed by atoms with Crippen molar-refractivity contribution in [3.8, 4) is 0 Å². The van der Waals surface area contributed by atoms with Gasteiger partial charge < -0.3 is 25.8 Å². The summed E-state index contributed by atoms with van der Waals surface area (Å²) in [5.41, 5.74) is 12.7. The molecule has 550 valence electrons. The van der Waals surface area contributed by atoms with Crippen molar-refractivity contribution in [1.82, 2.24) is 15.1 Å². The van der Waals surface area contributed by atoms with Gasteiger partial charge in [0.2, 0.25) is 0 Å². The summed E-state index contributed by atoms with van der Waals surface area (Å²) in [5, 5.41) is 14.4. The minimum absolute atomic E-state index is 0. The Bertz CT molecular complexity index is 2560. The van der Waals surface area contributed by atoms with E-state index in [0.29, 0.717) is 0 Å². The van der Waals surface area contributed by atoms with Gasteiger partial charge in [-0.3, -0.25) is 4.99 Å². The van der Waals surface area contributed by atoms with Crippen LogP contribution in [0.5, 0.6) is 0 Å². The molecule has 0 bridgehead atoms. The van der Waals surface area contributed by atoms with E-state index in [-0.39, 0.29) is 85.2 Å². The molecule has 4 aliphatic rings. The predicted octanol–water partition coefficient (Wildman–Crippen LogP) is 25.0. The molecular weight excluding hydrogens is 1420 g/mol. The molecule has 0 saturated heterocycles. The Morgan fingerprint density at radius 3 is 0.832 bits per heavy atom. The number of nitrogens with one attached hydrogen (secondary N) is 1. The van der Waals surface area contributed by atoms with Gasteiger partial charge in [0, 0.05) is 38.3 Å². The molecule has 4 saturated carbocycles. The first kappa shape index (κ1) is 94.6. The Kier molecular flexibility index (Phi) is 54.2. The number of rotatable bonds is 14. The van der Waals surface area contributed by atoms with E-state index >= 15 is 0 Å². The normalized spacial score (nSPS) is 15.2. The van der Waals surface area contributed by atoms with Crippen molar-refractivity contribution in [2.75, 3.05) is 54.4 Å². The summed E-state index contributed by atoms with van der Waals surface area (Å²) in [5.74, 6) is 0.279. The Morgan fingerprint density at radius 1 is 0.396 bits per heavy atom. The number of benzene rings is 7. The van der Waals surface area contributed by atoms with Crippen molar-refractivity contribution < 1.29 is 52.4 Å². The maximum atomic E-state index is 5.30. The van der Waals surface area contributed by atoms with Crippen molar-refractivity contribution >= 4 is 21.4 Å². The molecule has 1 N–H and O–H groups in total. The molecule has 101 heavy (non-hydrogen) atoms. The van der Waals surface area contributed by atoms with E-state index in [0.717, 1.165) is 87.8 Å². The molecule has 7 aromatic rings. The quantitative estimate of drug-likeness (QED) is 0.0511. The molecule has 4 fully saturated rings. The van der Waals surface area contributed by atoms with Crippen molar-refractivity contribution in [2.45, 2.75) is 210 Å². The summed E-state index contributed by atoms with van der Waals surface area (Å²) in [4.78, 5) is 9.70. The average molecular weight is 1560 g/mol. The van der Waals surface area contributed by atoms with Gasteiger partial charge in [-0.05, 0) is 137 Å². The van der Waals surface area contributed by atoms with Gasteiger partial charge in [-0.15, -0.1) is 105 Å². The van der Waals surface area contributed by atoms with Crippen LogP contribution in [-0.2, 0) is 52.4 Å². The molecular formula is C91H133N6P2Zr2-5. The summed E-state index contributed by atoms with van der Waals surface area (Å²) in [6.45, 7) is 43.7. The van der Waals surface area contributed by atoms with E-state index in [1.54, 1.807) is 0 Å². The molecule has 11 rings (SSSR count). The fourth-order valence-corrected chi connectivity index (χ4v) is 19.9. The van der Waals surface area contributed by atoms with Gasteiger partial charge >= 0.3 is 26.2 Å². The zero-order valence-corrected chi connectivity index (χ0v) is 71.3. The zero-order valence-electron chi connectivity index (χ0n) is 64.6. The molecule has 10 heteroatoms. The molecule has 0 heterocycles. The summed E-state index contributed by atoms with van der Waals surface area (Å²) in [7, 11) is 8.36. The fourth-order valence-electron chi connectivity index (χ4n) is 11.9. The van der Waals surface area contributed by atoms with Crippen LogP contribution in [0.4, 0.5) is 0 Å². The van der Waals surface area contributed by atoms with Gasteiger partial charge in [0.1, 0.15) is 5.58 Å². The van der Waals surface area contributed by atoms with Gasteiger partial charge in [-0.25, -0.2) is 5.91 Å². The van der Waals surface area contributed by atoms with E-state index in [1.165, 1.54) is 134 Å². The predicted molar refractivity (Wildman–Crippen MR) is 445 cm³/mol. The first-order valence-corrected chi connectivity index (χ1v) is 40.2. The van der Waals surface area contributed by atoms with Gasteiger partial charge in [0.05, 0.1) is 6.54 Å². The van der Waals surface area contributed by atoms with Gasteiger partial charge in [0.15, 0.2) is 0 Å². The number of hydrogen-bond acceptors (Lipinski definition) is 3. The molecule has 1 atom stereocenters. The van der Waals surface area contributed by atoms with Crippen LogP contribution < -0.4 is 5.32 Å². The van der Waals surface area contributed by atoms with Gasteiger partial charge in [-0.1, -0.05) is 140 Å². The molecule has 4 aliphatic carbocycles. The third-order valence-electron chi connectivity index (χ3n) is 17.0. The Labute approximate surface area is 662 Å². The Hall–Kier alpha value is -4.43. The maximum absolute atomic E-state index is 5.30. The number of aliphatic imine (C=N–C) groups is 1. The fraction of sp³-hybridized carbons (Fsp3) is 0.451. The first-order chi connectivity index (χ1) is 47.5. The minimum atomic E-state index is -0.135. The Balaban J connectivity index is 0.000000609. The SMILES string of the molecule is CN(C)CCN=C(NC(C)(C)C)P(C1CCCCC1)C1CCCCC1.CN(C)CC[N-]C([N-]C(C)(C)C)P(C1CCCCC1)C1CCCCC1.[CH2-]c1ccccc1.[CH2-]c1ccccc1.[CH2-]c1ccccc1.[CH2-]c1ccccc1.[CH2-]c1ccccc1.[CH2-]c1ccccc1.[CH2-]c1ccccc1.[Zr+4].[Zr]. The molecule has 0 aromatic heterocycles. The number of hydrogen-bond donors (Lipinski definition) is 1. The van der Waals surface area contributed by atoms with Gasteiger partial charge in [-0.2, -0.15) is 172 Å². The molecule has 1 unspecified atom stereocenters. The smallest absolute Gasteiger partial charge is 0.673 e. The van der Waals surface area contributed by atoms with E-state index in [4.69, 9.17) is 15.6 Å². The van der Waals surface area contributed by atoms with E-state index in [1.807, 2.05) is 212 Å². The first-order valence-electron chi connectivity index (χ1n) is 37.1. The summed E-state index contributed by atoms with van der Waals surface area (Å²) < 4.78 is 0. The number of likely N-dealkylation sites (N-methyl/N-ethyl adjacent to an activating group) is 2. The topological polar surface area (TPSA) is 59.1 Å². The second-order valence-electron chi connectivity index (χ2n) is 29.2. The van der Waals surface area contributed by atoms with Crippen LogP contribution in [0, 0.1) is 48.5 Å². The molecule has 7 aromatic carbocycles. The van der Waals surface area contributed by atoms with Crippen LogP contribution in [0.2, 0.25) is 0 Å². The van der Waals surface area contributed by atoms with Crippen LogP contribution >= 0.6 is 15.8 Å². The van der Waals surface area contributed by atoms with Crippen molar-refractivity contribution in [3.63, 3.8) is 0 Å². The molecule has 0 spiro atoms. The van der Waals surface area contributed by atoms with Crippen LogP contribution in [-0.4, -0.2) is 109 Å². The van der Waals surface area contributed by atoms with Crippen LogP contribution in [0.15, 0.2) is 217 Å². The summed E-state index contributed by atoms with van der Waals surface area (Å²) >= 11 is 0. The van der Waals surface area contributed by atoms with E-state index < -0.39 is 0 Å². The molecule has 0 aliphatic heterocycles. The zero-order chi connectivity index (χ0) is 72.4. The van der Waals surface area contributed by atoms with Crippen molar-refractivity contribution in [3.05, 3.63) is 310 Å². The Morgan fingerprint density at radius 2 is 0.634 bits per heavy atom. The van der Waals surface area contributed by atoms with Gasteiger partial charge in [0.25, 0.3) is 0 Å². The second-order valence-corrected chi connectivity index (χ2v) is 34.7. The van der Waals surface area contributed by atoms with Crippen LogP contribution in [0.1, 0.15) is 209 Å². The standard InChI is InChI=1S/2C21H42N3P.7C7H7.2Zr/c2*1-21(2,3)23-20(22-16-17-24(4)5)25(18-12-8-6-9-13-18)19-14-10-7-11-15-19;7*1-7-5-3-2-4-6-7;;/h18-19H,6-17H2,1-5H3,(H,22,23);18-20H,6-17H2,1-5H3;7*2-6H,1H2;;/q;-2;7*-1;;+4. The number of amidine groups is 1. The minimum Gasteiger partial charge on any atom is -0.673 e. The second kappa shape index (κ2) is 57.8. The largest absolute Gasteiger partial charge is 4.00 e. The van der Waals surface area contributed by atoms with Crippen molar-refractivity contribution in [1.29, 1.82) is 0 Å². The van der Waals surface area contributed by atoms with E-state index in [9.17, 15) is 0 Å². The molecule has 6 nitrogen and oxygen atoms in total. The third-order valence-corrected chi connectivity index (χ3v) is 23.9.